The molecule has 0 spiro atoms. The third-order valence-corrected chi connectivity index (χ3v) is 4.74. The predicted molar refractivity (Wildman–Crippen MR) is 65.2 cm³/mol. The van der Waals surface area contributed by atoms with Crippen LogP contribution in [0.15, 0.2) is 17.5 Å². The van der Waals surface area contributed by atoms with Crippen LogP contribution in [0.2, 0.25) is 0 Å². The molecule has 2 unspecified atom stereocenters. The molecule has 0 bridgehead atoms. The Balaban J connectivity index is 1.92. The molecule has 2 atom stereocenters. The Hall–Kier alpha value is -0.340. The van der Waals surface area contributed by atoms with E-state index in [2.05, 4.69) is 24.4 Å². The van der Waals surface area contributed by atoms with Gasteiger partial charge in [-0.1, -0.05) is 25.8 Å². The van der Waals surface area contributed by atoms with Crippen molar-refractivity contribution < 1.29 is 5.11 Å². The van der Waals surface area contributed by atoms with E-state index in [1.165, 1.54) is 17.7 Å². The van der Waals surface area contributed by atoms with Crippen molar-refractivity contribution in [2.75, 3.05) is 0 Å². The van der Waals surface area contributed by atoms with E-state index in [4.69, 9.17) is 0 Å². The van der Waals surface area contributed by atoms with Gasteiger partial charge in [0.1, 0.15) is 0 Å². The molecule has 1 aromatic heterocycles. The average molecular weight is 224 g/mol. The molecule has 0 aromatic carbocycles. The molecule has 0 amide bonds. The maximum Gasteiger partial charge on any atom is 0.0679 e. The molecule has 1 aliphatic rings. The van der Waals surface area contributed by atoms with Gasteiger partial charge in [0, 0.05) is 4.88 Å². The quantitative estimate of drug-likeness (QED) is 0.828. The smallest absolute Gasteiger partial charge is 0.0679 e. The first-order chi connectivity index (χ1) is 7.24. The van der Waals surface area contributed by atoms with E-state index in [0.29, 0.717) is 5.92 Å². The first-order valence-corrected chi connectivity index (χ1v) is 6.87. The van der Waals surface area contributed by atoms with Gasteiger partial charge in [-0.2, -0.15) is 0 Å². The summed E-state index contributed by atoms with van der Waals surface area (Å²) in [6.45, 7) is 2.20. The summed E-state index contributed by atoms with van der Waals surface area (Å²) in [6, 6.07) is 4.26. The maximum atomic E-state index is 10.6. The van der Waals surface area contributed by atoms with Gasteiger partial charge in [0.25, 0.3) is 0 Å². The first-order valence-electron chi connectivity index (χ1n) is 5.99. The first kappa shape index (κ1) is 11.2. The van der Waals surface area contributed by atoms with Gasteiger partial charge in [-0.15, -0.1) is 11.3 Å². The summed E-state index contributed by atoms with van der Waals surface area (Å²) in [5.74, 6) is 0.539. The molecule has 1 aliphatic carbocycles. The normalized spacial score (nSPS) is 30.9. The average Bonchev–Trinajstić information content (AvgIpc) is 2.84. The predicted octanol–water partition coefficient (Wildman–Crippen LogP) is 3.62. The lowest BCUT2D eigenvalue weighted by atomic mass is 9.84. The highest BCUT2D eigenvalue weighted by molar-refractivity contribution is 7.09. The summed E-state index contributed by atoms with van der Waals surface area (Å²) in [4.78, 5) is 1.41. The second kappa shape index (κ2) is 4.67. The van der Waals surface area contributed by atoms with E-state index in [-0.39, 0.29) is 5.60 Å². The van der Waals surface area contributed by atoms with E-state index in [1.54, 1.807) is 11.3 Å². The fourth-order valence-electron chi connectivity index (χ4n) is 2.84. The Morgan fingerprint density at radius 2 is 2.47 bits per heavy atom. The lowest BCUT2D eigenvalue weighted by Crippen LogP contribution is -2.33. The number of aryl methyl sites for hydroxylation is 1. The summed E-state index contributed by atoms with van der Waals surface area (Å²) >= 11 is 1.80. The summed E-state index contributed by atoms with van der Waals surface area (Å²) in [5, 5.41) is 12.7. The van der Waals surface area contributed by atoms with E-state index in [1.807, 2.05) is 0 Å². The molecular weight excluding hydrogens is 204 g/mol. The van der Waals surface area contributed by atoms with Crippen LogP contribution in [-0.4, -0.2) is 10.7 Å². The zero-order valence-corrected chi connectivity index (χ0v) is 10.2. The standard InChI is InChI=1S/C13H20OS/c1-2-11-5-3-8-13(11,14)9-7-12-6-4-10-15-12/h4,6,10-11,14H,2-3,5,7-9H2,1H3. The van der Waals surface area contributed by atoms with E-state index in [9.17, 15) is 5.11 Å². The van der Waals surface area contributed by atoms with Crippen molar-refractivity contribution in [3.8, 4) is 0 Å². The summed E-state index contributed by atoms with van der Waals surface area (Å²) in [6.07, 6.45) is 6.56. The molecule has 15 heavy (non-hydrogen) atoms. The van der Waals surface area contributed by atoms with Crippen LogP contribution in [0, 0.1) is 5.92 Å². The number of hydrogen-bond acceptors (Lipinski definition) is 2. The highest BCUT2D eigenvalue weighted by Gasteiger charge is 2.39. The second-order valence-electron chi connectivity index (χ2n) is 4.68. The number of thiophene rings is 1. The van der Waals surface area contributed by atoms with Crippen molar-refractivity contribution in [2.24, 2.45) is 5.92 Å². The van der Waals surface area contributed by atoms with Crippen molar-refractivity contribution in [1.82, 2.24) is 0 Å². The highest BCUT2D eigenvalue weighted by atomic mass is 32.1. The number of hydrogen-bond donors (Lipinski definition) is 1. The largest absolute Gasteiger partial charge is 0.390 e. The minimum absolute atomic E-state index is 0.362. The zero-order chi connectivity index (χ0) is 10.7. The second-order valence-corrected chi connectivity index (χ2v) is 5.71. The van der Waals surface area contributed by atoms with Crippen molar-refractivity contribution in [3.05, 3.63) is 22.4 Å². The molecule has 84 valence electrons. The molecule has 2 rings (SSSR count). The zero-order valence-electron chi connectivity index (χ0n) is 9.41. The lowest BCUT2D eigenvalue weighted by molar-refractivity contribution is -0.00639. The maximum absolute atomic E-state index is 10.6. The molecule has 1 heterocycles. The van der Waals surface area contributed by atoms with Gasteiger partial charge in [-0.3, -0.25) is 0 Å². The lowest BCUT2D eigenvalue weighted by Gasteiger charge is -2.29. The van der Waals surface area contributed by atoms with Crippen LogP contribution in [0.25, 0.3) is 0 Å². The molecule has 0 aliphatic heterocycles. The molecule has 1 fully saturated rings. The molecule has 1 aromatic rings. The molecule has 1 saturated carbocycles. The highest BCUT2D eigenvalue weighted by Crippen LogP contribution is 2.40. The van der Waals surface area contributed by atoms with Crippen molar-refractivity contribution in [3.63, 3.8) is 0 Å². The topological polar surface area (TPSA) is 20.2 Å². The van der Waals surface area contributed by atoms with Crippen molar-refractivity contribution in [2.45, 2.75) is 51.0 Å². The van der Waals surface area contributed by atoms with Crippen LogP contribution < -0.4 is 0 Å². The Kier molecular flexibility index (Phi) is 3.47. The number of rotatable bonds is 4. The molecule has 1 N–H and O–H groups in total. The van der Waals surface area contributed by atoms with Gasteiger partial charge in [0.05, 0.1) is 5.60 Å². The molecule has 0 radical (unpaired) electrons. The van der Waals surface area contributed by atoms with Crippen LogP contribution in [0.5, 0.6) is 0 Å². The Labute approximate surface area is 96.1 Å². The third-order valence-electron chi connectivity index (χ3n) is 3.80. The van der Waals surface area contributed by atoms with E-state index < -0.39 is 0 Å². The molecule has 2 heteroatoms. The minimum atomic E-state index is -0.362. The third kappa shape index (κ3) is 2.43. The van der Waals surface area contributed by atoms with Gasteiger partial charge >= 0.3 is 0 Å². The fraction of sp³-hybridized carbons (Fsp3) is 0.692. The van der Waals surface area contributed by atoms with Crippen LogP contribution in [-0.2, 0) is 6.42 Å². The van der Waals surface area contributed by atoms with Crippen molar-refractivity contribution >= 4 is 11.3 Å². The van der Waals surface area contributed by atoms with Gasteiger partial charge in [0.2, 0.25) is 0 Å². The van der Waals surface area contributed by atoms with E-state index >= 15 is 0 Å². The Bertz CT molecular complexity index is 293. The van der Waals surface area contributed by atoms with Crippen molar-refractivity contribution in [1.29, 1.82) is 0 Å². The molecule has 1 nitrogen and oxygen atoms in total. The molecular formula is C13H20OS. The SMILES string of the molecule is CCC1CCCC1(O)CCc1cccs1. The fourth-order valence-corrected chi connectivity index (χ4v) is 3.54. The summed E-state index contributed by atoms with van der Waals surface area (Å²) in [7, 11) is 0. The number of aliphatic hydroxyl groups is 1. The van der Waals surface area contributed by atoms with Gasteiger partial charge in [-0.05, 0) is 43.0 Å². The van der Waals surface area contributed by atoms with Gasteiger partial charge in [-0.25, -0.2) is 0 Å². The Morgan fingerprint density at radius 3 is 3.13 bits per heavy atom. The summed E-state index contributed by atoms with van der Waals surface area (Å²) in [5.41, 5.74) is -0.362. The van der Waals surface area contributed by atoms with Gasteiger partial charge in [0.15, 0.2) is 0 Å². The van der Waals surface area contributed by atoms with Crippen LogP contribution in [0.4, 0.5) is 0 Å². The minimum Gasteiger partial charge on any atom is -0.390 e. The summed E-state index contributed by atoms with van der Waals surface area (Å²) < 4.78 is 0. The Morgan fingerprint density at radius 1 is 1.60 bits per heavy atom. The monoisotopic (exact) mass is 224 g/mol. The van der Waals surface area contributed by atoms with Crippen LogP contribution >= 0.6 is 11.3 Å². The van der Waals surface area contributed by atoms with Gasteiger partial charge < -0.3 is 5.11 Å². The van der Waals surface area contributed by atoms with E-state index in [0.717, 1.165) is 25.7 Å². The van der Waals surface area contributed by atoms with Crippen LogP contribution in [0.1, 0.15) is 43.9 Å². The molecule has 0 saturated heterocycles. The van der Waals surface area contributed by atoms with Crippen LogP contribution in [0.3, 0.4) is 0 Å².